The fraction of sp³-hybridized carbons (Fsp3) is 1.00. The van der Waals surface area contributed by atoms with Crippen LogP contribution in [0.25, 0.3) is 0 Å². The summed E-state index contributed by atoms with van der Waals surface area (Å²) in [5.41, 5.74) is 4.10. The van der Waals surface area contributed by atoms with Crippen LogP contribution in [0.4, 0.5) is 0 Å². The van der Waals surface area contributed by atoms with Gasteiger partial charge in [-0.25, -0.2) is 0 Å². The molecule has 0 spiro atoms. The minimum absolute atomic E-state index is 0.0945. The van der Waals surface area contributed by atoms with E-state index in [-0.39, 0.29) is 5.60 Å². The first-order valence-corrected chi connectivity index (χ1v) is 6.39. The first kappa shape index (κ1) is 13.0. The van der Waals surface area contributed by atoms with Crippen molar-refractivity contribution < 1.29 is 10.5 Å². The summed E-state index contributed by atoms with van der Waals surface area (Å²) in [6, 6.07) is 0. The molecule has 0 amide bonds. The lowest BCUT2D eigenvalue weighted by molar-refractivity contribution is -0.371. The SMILES string of the molecule is CC(C)[C@@H](CC[NH3+])[C@H]1CCOC(C)(C)C1. The topological polar surface area (TPSA) is 36.9 Å². The molecular formula is C13H28NO+. The molecule has 0 aromatic rings. The fourth-order valence-corrected chi connectivity index (χ4v) is 2.99. The molecule has 1 heterocycles. The van der Waals surface area contributed by atoms with Crippen molar-refractivity contribution in [3.05, 3.63) is 0 Å². The van der Waals surface area contributed by atoms with Crippen LogP contribution in [-0.2, 0) is 4.74 Å². The molecule has 1 aliphatic rings. The van der Waals surface area contributed by atoms with Crippen LogP contribution in [0.1, 0.15) is 47.0 Å². The summed E-state index contributed by atoms with van der Waals surface area (Å²) in [4.78, 5) is 0. The quantitative estimate of drug-likeness (QED) is 0.764. The molecule has 0 unspecified atom stereocenters. The highest BCUT2D eigenvalue weighted by Gasteiger charge is 2.34. The van der Waals surface area contributed by atoms with Crippen LogP contribution < -0.4 is 5.73 Å². The number of quaternary nitrogens is 1. The van der Waals surface area contributed by atoms with Crippen LogP contribution in [-0.4, -0.2) is 18.8 Å². The Bertz CT molecular complexity index is 189. The molecule has 0 aromatic carbocycles. The first-order valence-electron chi connectivity index (χ1n) is 6.39. The van der Waals surface area contributed by atoms with Gasteiger partial charge in [-0.2, -0.15) is 0 Å². The Morgan fingerprint density at radius 3 is 2.53 bits per heavy atom. The van der Waals surface area contributed by atoms with Gasteiger partial charge in [0.1, 0.15) is 0 Å². The molecule has 1 aliphatic heterocycles. The maximum Gasteiger partial charge on any atom is 0.0742 e. The molecule has 0 saturated carbocycles. The van der Waals surface area contributed by atoms with E-state index in [0.29, 0.717) is 0 Å². The van der Waals surface area contributed by atoms with E-state index in [1.54, 1.807) is 0 Å². The van der Waals surface area contributed by atoms with Gasteiger partial charge in [0.25, 0.3) is 0 Å². The van der Waals surface area contributed by atoms with Crippen molar-refractivity contribution in [2.75, 3.05) is 13.2 Å². The van der Waals surface area contributed by atoms with Gasteiger partial charge < -0.3 is 10.5 Å². The third-order valence-corrected chi connectivity index (χ3v) is 3.73. The molecule has 2 atom stereocenters. The monoisotopic (exact) mass is 214 g/mol. The number of rotatable bonds is 4. The Balaban J connectivity index is 2.59. The Morgan fingerprint density at radius 1 is 1.40 bits per heavy atom. The predicted molar refractivity (Wildman–Crippen MR) is 63.5 cm³/mol. The molecule has 0 radical (unpaired) electrons. The van der Waals surface area contributed by atoms with E-state index in [9.17, 15) is 0 Å². The summed E-state index contributed by atoms with van der Waals surface area (Å²) < 4.78 is 5.79. The van der Waals surface area contributed by atoms with Crippen LogP contribution in [0.3, 0.4) is 0 Å². The minimum Gasteiger partial charge on any atom is -0.376 e. The highest BCUT2D eigenvalue weighted by atomic mass is 16.5. The highest BCUT2D eigenvalue weighted by molar-refractivity contribution is 4.83. The standard InChI is InChI=1S/C13H27NO/c1-10(2)12(5-7-14)11-6-8-15-13(3,4)9-11/h10-12H,5-9,14H2,1-4H3/p+1/t11-,12+/m0/s1. The minimum atomic E-state index is 0.0945. The summed E-state index contributed by atoms with van der Waals surface area (Å²) in [5.74, 6) is 2.46. The van der Waals surface area contributed by atoms with Crippen molar-refractivity contribution in [3.8, 4) is 0 Å². The lowest BCUT2D eigenvalue weighted by Gasteiger charge is -2.40. The molecule has 0 aliphatic carbocycles. The van der Waals surface area contributed by atoms with E-state index < -0.39 is 0 Å². The van der Waals surface area contributed by atoms with Crippen LogP contribution in [0.15, 0.2) is 0 Å². The van der Waals surface area contributed by atoms with Crippen molar-refractivity contribution in [1.82, 2.24) is 0 Å². The number of hydrogen-bond acceptors (Lipinski definition) is 1. The van der Waals surface area contributed by atoms with Gasteiger partial charge in [-0.1, -0.05) is 13.8 Å². The average molecular weight is 214 g/mol. The van der Waals surface area contributed by atoms with E-state index in [1.165, 1.54) is 19.3 Å². The van der Waals surface area contributed by atoms with E-state index >= 15 is 0 Å². The Labute approximate surface area is 94.6 Å². The molecule has 2 heteroatoms. The molecule has 3 N–H and O–H groups in total. The van der Waals surface area contributed by atoms with Crippen LogP contribution in [0.5, 0.6) is 0 Å². The van der Waals surface area contributed by atoms with Gasteiger partial charge >= 0.3 is 0 Å². The zero-order valence-corrected chi connectivity index (χ0v) is 10.9. The molecule has 2 nitrogen and oxygen atoms in total. The van der Waals surface area contributed by atoms with Crippen LogP contribution in [0.2, 0.25) is 0 Å². The largest absolute Gasteiger partial charge is 0.376 e. The van der Waals surface area contributed by atoms with E-state index in [1.807, 2.05) is 0 Å². The lowest BCUT2D eigenvalue weighted by Crippen LogP contribution is -2.52. The molecule has 90 valence electrons. The third-order valence-electron chi connectivity index (χ3n) is 3.73. The van der Waals surface area contributed by atoms with Crippen molar-refractivity contribution in [2.45, 2.75) is 52.6 Å². The number of ether oxygens (including phenoxy) is 1. The molecule has 0 aromatic heterocycles. The molecular weight excluding hydrogens is 186 g/mol. The van der Waals surface area contributed by atoms with Crippen LogP contribution >= 0.6 is 0 Å². The average Bonchev–Trinajstić information content (AvgIpc) is 2.11. The zero-order chi connectivity index (χ0) is 11.5. The molecule has 15 heavy (non-hydrogen) atoms. The first-order chi connectivity index (χ1) is 6.96. The van der Waals surface area contributed by atoms with Gasteiger partial charge in [0.2, 0.25) is 0 Å². The molecule has 0 bridgehead atoms. The maximum absolute atomic E-state index is 5.79. The zero-order valence-electron chi connectivity index (χ0n) is 10.9. The maximum atomic E-state index is 5.79. The Morgan fingerprint density at radius 2 is 2.07 bits per heavy atom. The summed E-state index contributed by atoms with van der Waals surface area (Å²) in [6.07, 6.45) is 3.74. The highest BCUT2D eigenvalue weighted by Crippen LogP contribution is 2.37. The van der Waals surface area contributed by atoms with Gasteiger partial charge in [-0.05, 0) is 50.9 Å². The Kier molecular flexibility index (Phi) is 4.60. The second-order valence-electron chi connectivity index (χ2n) is 5.91. The van der Waals surface area contributed by atoms with Gasteiger partial charge in [0.15, 0.2) is 0 Å². The van der Waals surface area contributed by atoms with Gasteiger partial charge in [-0.3, -0.25) is 0 Å². The summed E-state index contributed by atoms with van der Waals surface area (Å²) in [5, 5.41) is 0. The number of hydrogen-bond donors (Lipinski definition) is 1. The molecule has 1 rings (SSSR count). The van der Waals surface area contributed by atoms with E-state index in [4.69, 9.17) is 4.74 Å². The van der Waals surface area contributed by atoms with Crippen molar-refractivity contribution in [3.63, 3.8) is 0 Å². The normalized spacial score (nSPS) is 28.0. The summed E-state index contributed by atoms with van der Waals surface area (Å²) >= 11 is 0. The second-order valence-corrected chi connectivity index (χ2v) is 5.91. The lowest BCUT2D eigenvalue weighted by atomic mass is 9.73. The second kappa shape index (κ2) is 5.31. The fourth-order valence-electron chi connectivity index (χ4n) is 2.99. The van der Waals surface area contributed by atoms with E-state index in [2.05, 4.69) is 33.4 Å². The third kappa shape index (κ3) is 3.76. The van der Waals surface area contributed by atoms with E-state index in [0.717, 1.165) is 30.9 Å². The summed E-state index contributed by atoms with van der Waals surface area (Å²) in [6.45, 7) is 11.2. The summed E-state index contributed by atoms with van der Waals surface area (Å²) in [7, 11) is 0. The smallest absolute Gasteiger partial charge is 0.0742 e. The van der Waals surface area contributed by atoms with Gasteiger partial charge in [0.05, 0.1) is 12.1 Å². The van der Waals surface area contributed by atoms with Gasteiger partial charge in [0, 0.05) is 6.61 Å². The van der Waals surface area contributed by atoms with Crippen molar-refractivity contribution in [1.29, 1.82) is 0 Å². The van der Waals surface area contributed by atoms with Crippen LogP contribution in [0, 0.1) is 17.8 Å². The Hall–Kier alpha value is -0.0800. The van der Waals surface area contributed by atoms with Crippen molar-refractivity contribution in [2.24, 2.45) is 17.8 Å². The molecule has 1 saturated heterocycles. The predicted octanol–water partition coefficient (Wildman–Crippen LogP) is 2.10. The van der Waals surface area contributed by atoms with Crippen molar-refractivity contribution >= 4 is 0 Å². The molecule has 1 fully saturated rings. The van der Waals surface area contributed by atoms with Gasteiger partial charge in [-0.15, -0.1) is 0 Å².